The van der Waals surface area contributed by atoms with Crippen molar-refractivity contribution in [2.45, 2.75) is 37.6 Å². The lowest BCUT2D eigenvalue weighted by Gasteiger charge is -2.37. The summed E-state index contributed by atoms with van der Waals surface area (Å²) in [6, 6.07) is 1.63. The molecule has 0 aromatic carbocycles. The molecule has 1 fully saturated rings. The van der Waals surface area contributed by atoms with Crippen LogP contribution < -0.4 is 11.1 Å². The molecule has 0 radical (unpaired) electrons. The molecular weight excluding hydrogens is 236 g/mol. The molecule has 2 rings (SSSR count). The van der Waals surface area contributed by atoms with Gasteiger partial charge in [-0.2, -0.15) is 0 Å². The molecule has 0 spiro atoms. The molecule has 0 bridgehead atoms. The average Bonchev–Trinajstić information content (AvgIpc) is 2.83. The van der Waals surface area contributed by atoms with Crippen molar-refractivity contribution >= 4 is 23.1 Å². The molecule has 3 N–H and O–H groups in total. The molecule has 4 nitrogen and oxygen atoms in total. The Balaban J connectivity index is 2.13. The lowest BCUT2D eigenvalue weighted by molar-refractivity contribution is 0.0908. The summed E-state index contributed by atoms with van der Waals surface area (Å²) in [5.41, 5.74) is 5.79. The number of carbonyl (C=O) groups is 1. The van der Waals surface area contributed by atoms with E-state index in [1.54, 1.807) is 6.07 Å². The van der Waals surface area contributed by atoms with Crippen molar-refractivity contribution in [1.29, 1.82) is 0 Å². The summed E-state index contributed by atoms with van der Waals surface area (Å²) in [5, 5.41) is 2.97. The summed E-state index contributed by atoms with van der Waals surface area (Å²) >= 11 is 5.12. The van der Waals surface area contributed by atoms with Crippen molar-refractivity contribution in [3.05, 3.63) is 24.2 Å². The molecule has 1 aromatic rings. The third kappa shape index (κ3) is 2.49. The summed E-state index contributed by atoms with van der Waals surface area (Å²) in [5.74, 6) is -0.173. The number of nitrogens with one attached hydrogen (secondary N) is 1. The van der Waals surface area contributed by atoms with Crippen LogP contribution in [0.4, 0.5) is 0 Å². The van der Waals surface area contributed by atoms with Crippen molar-refractivity contribution in [2.24, 2.45) is 5.73 Å². The first kappa shape index (κ1) is 12.1. The Hall–Kier alpha value is -1.36. The minimum Gasteiger partial charge on any atom is -0.472 e. The fourth-order valence-electron chi connectivity index (χ4n) is 2.27. The van der Waals surface area contributed by atoms with Gasteiger partial charge >= 0.3 is 0 Å². The first-order valence-corrected chi connectivity index (χ1v) is 6.19. The number of rotatable bonds is 3. The van der Waals surface area contributed by atoms with E-state index in [-0.39, 0.29) is 5.91 Å². The number of amides is 1. The van der Waals surface area contributed by atoms with Crippen molar-refractivity contribution in [3.63, 3.8) is 0 Å². The highest BCUT2D eigenvalue weighted by Gasteiger charge is 2.36. The second kappa shape index (κ2) is 4.87. The van der Waals surface area contributed by atoms with E-state index in [9.17, 15) is 4.79 Å². The third-order valence-electron chi connectivity index (χ3n) is 3.31. The molecule has 1 aromatic heterocycles. The second-order valence-electron chi connectivity index (χ2n) is 4.47. The molecule has 5 heteroatoms. The zero-order valence-corrected chi connectivity index (χ0v) is 10.4. The van der Waals surface area contributed by atoms with E-state index >= 15 is 0 Å². The fourth-order valence-corrected chi connectivity index (χ4v) is 2.53. The topological polar surface area (TPSA) is 68.3 Å². The quantitative estimate of drug-likeness (QED) is 0.807. The minimum absolute atomic E-state index is 0.173. The van der Waals surface area contributed by atoms with Gasteiger partial charge in [0.2, 0.25) is 0 Å². The first-order valence-electron chi connectivity index (χ1n) is 5.79. The van der Waals surface area contributed by atoms with E-state index in [2.05, 4.69) is 5.32 Å². The van der Waals surface area contributed by atoms with Gasteiger partial charge in [0.25, 0.3) is 5.91 Å². The van der Waals surface area contributed by atoms with Gasteiger partial charge in [0.1, 0.15) is 6.26 Å². The lowest BCUT2D eigenvalue weighted by Crippen LogP contribution is -2.57. The fraction of sp³-hybridized carbons (Fsp3) is 0.500. The monoisotopic (exact) mass is 252 g/mol. The first-order chi connectivity index (χ1) is 8.14. The number of thiocarbonyl (C=S) groups is 1. The number of furan rings is 1. The number of nitrogens with two attached hydrogens (primary N) is 1. The summed E-state index contributed by atoms with van der Waals surface area (Å²) in [4.78, 5) is 12.4. The van der Waals surface area contributed by atoms with Crippen LogP contribution in [-0.4, -0.2) is 16.4 Å². The van der Waals surface area contributed by atoms with Crippen LogP contribution in [0.5, 0.6) is 0 Å². The molecule has 1 amide bonds. The zero-order valence-electron chi connectivity index (χ0n) is 9.57. The molecule has 0 atom stereocenters. The van der Waals surface area contributed by atoms with Crippen molar-refractivity contribution in [1.82, 2.24) is 5.32 Å². The highest BCUT2D eigenvalue weighted by Crippen LogP contribution is 2.29. The molecule has 17 heavy (non-hydrogen) atoms. The predicted molar refractivity (Wildman–Crippen MR) is 68.8 cm³/mol. The predicted octanol–water partition coefficient (Wildman–Crippen LogP) is 2.00. The molecule has 1 aliphatic carbocycles. The zero-order chi connectivity index (χ0) is 12.3. The maximum Gasteiger partial charge on any atom is 0.255 e. The summed E-state index contributed by atoms with van der Waals surface area (Å²) in [7, 11) is 0. The standard InChI is InChI=1S/C12H16N2O2S/c13-11(17)12(5-2-1-3-6-12)14-10(15)9-4-7-16-8-9/h4,7-8H,1-3,5-6H2,(H2,13,17)(H,14,15). The van der Waals surface area contributed by atoms with Crippen LogP contribution in [0.2, 0.25) is 0 Å². The van der Waals surface area contributed by atoms with Crippen molar-refractivity contribution in [2.75, 3.05) is 0 Å². The van der Waals surface area contributed by atoms with Gasteiger partial charge in [-0.25, -0.2) is 0 Å². The van der Waals surface area contributed by atoms with E-state index in [1.807, 2.05) is 0 Å². The normalized spacial score (nSPS) is 18.6. The van der Waals surface area contributed by atoms with Crippen LogP contribution in [0.1, 0.15) is 42.5 Å². The van der Waals surface area contributed by atoms with E-state index in [0.29, 0.717) is 10.6 Å². The summed E-state index contributed by atoms with van der Waals surface area (Å²) in [6.07, 6.45) is 7.81. The van der Waals surface area contributed by atoms with Gasteiger partial charge < -0.3 is 15.5 Å². The van der Waals surface area contributed by atoms with Gasteiger partial charge in [0.05, 0.1) is 22.4 Å². The Morgan fingerprint density at radius 3 is 2.65 bits per heavy atom. The van der Waals surface area contributed by atoms with E-state index in [0.717, 1.165) is 25.7 Å². The molecule has 1 saturated carbocycles. The smallest absolute Gasteiger partial charge is 0.255 e. The summed E-state index contributed by atoms with van der Waals surface area (Å²) < 4.78 is 4.89. The van der Waals surface area contributed by atoms with Gasteiger partial charge in [0.15, 0.2) is 0 Å². The highest BCUT2D eigenvalue weighted by molar-refractivity contribution is 7.80. The van der Waals surface area contributed by atoms with Gasteiger partial charge in [-0.05, 0) is 18.9 Å². The Labute approximate surface area is 106 Å². The van der Waals surface area contributed by atoms with Crippen LogP contribution in [0.25, 0.3) is 0 Å². The van der Waals surface area contributed by atoms with Crippen LogP contribution in [0, 0.1) is 0 Å². The molecule has 1 heterocycles. The SMILES string of the molecule is NC(=S)C1(NC(=O)c2ccoc2)CCCCC1. The maximum absolute atomic E-state index is 12.0. The van der Waals surface area contributed by atoms with Crippen LogP contribution in [-0.2, 0) is 0 Å². The molecule has 92 valence electrons. The van der Waals surface area contributed by atoms with Gasteiger partial charge in [-0.3, -0.25) is 4.79 Å². The van der Waals surface area contributed by atoms with Crippen molar-refractivity contribution < 1.29 is 9.21 Å². The van der Waals surface area contributed by atoms with Gasteiger partial charge in [-0.15, -0.1) is 0 Å². The molecule has 0 saturated heterocycles. The summed E-state index contributed by atoms with van der Waals surface area (Å²) in [6.45, 7) is 0. The number of carbonyl (C=O) groups excluding carboxylic acids is 1. The molecule has 0 unspecified atom stereocenters. The molecule has 0 aliphatic heterocycles. The van der Waals surface area contributed by atoms with E-state index in [1.165, 1.54) is 18.9 Å². The Kier molecular flexibility index (Phi) is 3.47. The Morgan fingerprint density at radius 1 is 1.41 bits per heavy atom. The Bertz CT molecular complexity index is 408. The van der Waals surface area contributed by atoms with Crippen LogP contribution >= 0.6 is 12.2 Å². The minimum atomic E-state index is -0.512. The van der Waals surface area contributed by atoms with Gasteiger partial charge in [-0.1, -0.05) is 31.5 Å². The Morgan fingerprint density at radius 2 is 2.12 bits per heavy atom. The maximum atomic E-state index is 12.0. The average molecular weight is 252 g/mol. The van der Waals surface area contributed by atoms with E-state index < -0.39 is 5.54 Å². The van der Waals surface area contributed by atoms with Crippen LogP contribution in [0.15, 0.2) is 23.0 Å². The van der Waals surface area contributed by atoms with Crippen molar-refractivity contribution in [3.8, 4) is 0 Å². The highest BCUT2D eigenvalue weighted by atomic mass is 32.1. The second-order valence-corrected chi connectivity index (χ2v) is 4.91. The van der Waals surface area contributed by atoms with Crippen LogP contribution in [0.3, 0.4) is 0 Å². The van der Waals surface area contributed by atoms with Gasteiger partial charge in [0, 0.05) is 0 Å². The molecular formula is C12H16N2O2S. The number of hydrogen-bond acceptors (Lipinski definition) is 3. The third-order valence-corrected chi connectivity index (χ3v) is 3.71. The number of hydrogen-bond donors (Lipinski definition) is 2. The van der Waals surface area contributed by atoms with E-state index in [4.69, 9.17) is 22.4 Å². The molecule has 1 aliphatic rings. The largest absolute Gasteiger partial charge is 0.472 e. The lowest BCUT2D eigenvalue weighted by atomic mass is 9.81.